The molecule has 0 spiro atoms. The van der Waals surface area contributed by atoms with E-state index >= 15 is 0 Å². The van der Waals surface area contributed by atoms with Gasteiger partial charge in [0.25, 0.3) is 0 Å². The number of carbonyl (C=O) groups is 1. The van der Waals surface area contributed by atoms with Gasteiger partial charge in [-0.2, -0.15) is 0 Å². The van der Waals surface area contributed by atoms with Gasteiger partial charge in [0.15, 0.2) is 0 Å². The van der Waals surface area contributed by atoms with Crippen LogP contribution in [0.25, 0.3) is 16.5 Å². The summed E-state index contributed by atoms with van der Waals surface area (Å²) in [4.78, 5) is 17.5. The van der Waals surface area contributed by atoms with Crippen LogP contribution in [0.3, 0.4) is 0 Å². The average Bonchev–Trinajstić information content (AvgIpc) is 3.05. The fraction of sp³-hybridized carbons (Fsp3) is 0.150. The molecule has 0 unspecified atom stereocenters. The first-order chi connectivity index (χ1) is 12.6. The minimum Gasteiger partial charge on any atom is -0.361 e. The number of nitrogens with zero attached hydrogens (tertiary/aromatic N) is 1. The van der Waals surface area contributed by atoms with Gasteiger partial charge in [0.1, 0.15) is 0 Å². The molecule has 0 saturated heterocycles. The molecule has 2 heterocycles. The van der Waals surface area contributed by atoms with Gasteiger partial charge < -0.3 is 15.2 Å². The monoisotopic (exact) mass is 385 g/mol. The van der Waals surface area contributed by atoms with Gasteiger partial charge in [0, 0.05) is 51.5 Å². The molecule has 0 bridgehead atoms. The molecule has 1 aliphatic rings. The Hall–Kier alpha value is -2.43. The second-order valence-electron chi connectivity index (χ2n) is 6.26. The highest BCUT2D eigenvalue weighted by Crippen LogP contribution is 2.31. The number of aromatic amines is 1. The van der Waals surface area contributed by atoms with E-state index in [1.165, 1.54) is 5.57 Å². The highest BCUT2D eigenvalue weighted by molar-refractivity contribution is 6.31. The maximum atomic E-state index is 12.4. The van der Waals surface area contributed by atoms with E-state index in [1.807, 2.05) is 36.5 Å². The van der Waals surface area contributed by atoms with Crippen LogP contribution in [0.1, 0.15) is 12.0 Å². The molecule has 2 N–H and O–H groups in total. The Balaban J connectivity index is 1.49. The SMILES string of the molecule is O=C(Nc1cccc(Cl)c1)N1CC=C(c2c[nH]c3ccc(Cl)cc23)CC1. The summed E-state index contributed by atoms with van der Waals surface area (Å²) >= 11 is 12.1. The number of rotatable bonds is 2. The van der Waals surface area contributed by atoms with Crippen LogP contribution in [0.5, 0.6) is 0 Å². The largest absolute Gasteiger partial charge is 0.361 e. The number of H-pyrrole nitrogens is 1. The summed E-state index contributed by atoms with van der Waals surface area (Å²) in [6.07, 6.45) is 4.90. The first-order valence-corrected chi connectivity index (χ1v) is 9.13. The van der Waals surface area contributed by atoms with Crippen LogP contribution in [-0.4, -0.2) is 29.0 Å². The second kappa shape index (κ2) is 7.06. The number of nitrogens with one attached hydrogen (secondary N) is 2. The number of hydrogen-bond acceptors (Lipinski definition) is 1. The van der Waals surface area contributed by atoms with E-state index in [4.69, 9.17) is 23.2 Å². The lowest BCUT2D eigenvalue weighted by atomic mass is 9.99. The van der Waals surface area contributed by atoms with E-state index in [9.17, 15) is 4.79 Å². The summed E-state index contributed by atoms with van der Waals surface area (Å²) in [5, 5.41) is 5.32. The van der Waals surface area contributed by atoms with Crippen molar-refractivity contribution in [2.45, 2.75) is 6.42 Å². The van der Waals surface area contributed by atoms with Crippen molar-refractivity contribution in [2.24, 2.45) is 0 Å². The average molecular weight is 386 g/mol. The van der Waals surface area contributed by atoms with Crippen molar-refractivity contribution < 1.29 is 4.79 Å². The summed E-state index contributed by atoms with van der Waals surface area (Å²) in [6, 6.07) is 12.9. The molecule has 1 aromatic heterocycles. The number of urea groups is 1. The Kier molecular flexibility index (Phi) is 4.62. The zero-order chi connectivity index (χ0) is 18.1. The summed E-state index contributed by atoms with van der Waals surface area (Å²) in [6.45, 7) is 1.22. The lowest BCUT2D eigenvalue weighted by Crippen LogP contribution is -2.37. The summed E-state index contributed by atoms with van der Waals surface area (Å²) in [7, 11) is 0. The summed E-state index contributed by atoms with van der Waals surface area (Å²) < 4.78 is 0. The molecule has 0 aliphatic carbocycles. The van der Waals surface area contributed by atoms with Gasteiger partial charge in [-0.05, 0) is 48.4 Å². The van der Waals surface area contributed by atoms with Crippen molar-refractivity contribution in [3.63, 3.8) is 0 Å². The lowest BCUT2D eigenvalue weighted by molar-refractivity contribution is 0.217. The standard InChI is InChI=1S/C20H17Cl2N3O/c21-14-2-1-3-16(10-14)24-20(26)25-8-6-13(7-9-25)18-12-23-19-5-4-15(22)11-17(18)19/h1-6,10-12,23H,7-9H2,(H,24,26). The Labute approximate surface area is 161 Å². The predicted molar refractivity (Wildman–Crippen MR) is 108 cm³/mol. The molecule has 0 atom stereocenters. The summed E-state index contributed by atoms with van der Waals surface area (Å²) in [5.41, 5.74) is 4.14. The molecule has 1 aliphatic heterocycles. The minimum atomic E-state index is -0.121. The molecule has 4 rings (SSSR count). The van der Waals surface area contributed by atoms with Gasteiger partial charge >= 0.3 is 6.03 Å². The van der Waals surface area contributed by atoms with E-state index in [0.717, 1.165) is 27.9 Å². The molecule has 2 aromatic carbocycles. The quantitative estimate of drug-likeness (QED) is 0.575. The Morgan fingerprint density at radius 3 is 2.73 bits per heavy atom. The third-order valence-corrected chi connectivity index (χ3v) is 5.03. The minimum absolute atomic E-state index is 0.121. The predicted octanol–water partition coefficient (Wildman–Crippen LogP) is 5.80. The molecule has 132 valence electrons. The number of benzene rings is 2. The smallest absolute Gasteiger partial charge is 0.322 e. The third-order valence-electron chi connectivity index (χ3n) is 4.56. The van der Waals surface area contributed by atoms with Crippen molar-refractivity contribution in [3.8, 4) is 0 Å². The number of halogens is 2. The van der Waals surface area contributed by atoms with Crippen LogP contribution in [0.4, 0.5) is 10.5 Å². The number of anilines is 1. The van der Waals surface area contributed by atoms with Crippen molar-refractivity contribution in [3.05, 3.63) is 70.3 Å². The Morgan fingerprint density at radius 2 is 1.96 bits per heavy atom. The Morgan fingerprint density at radius 1 is 1.12 bits per heavy atom. The molecule has 26 heavy (non-hydrogen) atoms. The zero-order valence-corrected chi connectivity index (χ0v) is 15.4. The molecule has 4 nitrogen and oxygen atoms in total. The van der Waals surface area contributed by atoms with Crippen LogP contribution < -0.4 is 5.32 Å². The first kappa shape index (κ1) is 17.0. The van der Waals surface area contributed by atoms with E-state index < -0.39 is 0 Å². The van der Waals surface area contributed by atoms with E-state index in [-0.39, 0.29) is 6.03 Å². The topological polar surface area (TPSA) is 48.1 Å². The van der Waals surface area contributed by atoms with Crippen LogP contribution in [0.15, 0.2) is 54.7 Å². The fourth-order valence-electron chi connectivity index (χ4n) is 3.23. The van der Waals surface area contributed by atoms with Crippen LogP contribution >= 0.6 is 23.2 Å². The normalized spacial score (nSPS) is 14.4. The maximum Gasteiger partial charge on any atom is 0.322 e. The molecular formula is C20H17Cl2N3O. The van der Waals surface area contributed by atoms with Crippen LogP contribution in [0, 0.1) is 0 Å². The van der Waals surface area contributed by atoms with Gasteiger partial charge in [0.2, 0.25) is 0 Å². The van der Waals surface area contributed by atoms with Crippen molar-refractivity contribution >= 4 is 51.4 Å². The highest BCUT2D eigenvalue weighted by Gasteiger charge is 2.19. The highest BCUT2D eigenvalue weighted by atomic mass is 35.5. The lowest BCUT2D eigenvalue weighted by Gasteiger charge is -2.26. The van der Waals surface area contributed by atoms with Crippen molar-refractivity contribution in [2.75, 3.05) is 18.4 Å². The number of fused-ring (bicyclic) bond motifs is 1. The van der Waals surface area contributed by atoms with E-state index in [1.54, 1.807) is 17.0 Å². The fourth-order valence-corrected chi connectivity index (χ4v) is 3.59. The van der Waals surface area contributed by atoms with Gasteiger partial charge in [0.05, 0.1) is 0 Å². The van der Waals surface area contributed by atoms with Crippen LogP contribution in [-0.2, 0) is 0 Å². The number of amides is 2. The number of carbonyl (C=O) groups excluding carboxylic acids is 1. The molecule has 2 amide bonds. The Bertz CT molecular complexity index is 1010. The molecule has 0 radical (unpaired) electrons. The maximum absolute atomic E-state index is 12.4. The van der Waals surface area contributed by atoms with Gasteiger partial charge in [-0.1, -0.05) is 35.3 Å². The van der Waals surface area contributed by atoms with E-state index in [0.29, 0.717) is 23.8 Å². The first-order valence-electron chi connectivity index (χ1n) is 8.38. The van der Waals surface area contributed by atoms with Gasteiger partial charge in [-0.25, -0.2) is 4.79 Å². The second-order valence-corrected chi connectivity index (χ2v) is 7.13. The number of aromatic nitrogens is 1. The number of hydrogen-bond donors (Lipinski definition) is 2. The molecule has 3 aromatic rings. The third kappa shape index (κ3) is 3.43. The van der Waals surface area contributed by atoms with Gasteiger partial charge in [-0.3, -0.25) is 0 Å². The molecule has 0 fully saturated rings. The zero-order valence-electron chi connectivity index (χ0n) is 13.9. The van der Waals surface area contributed by atoms with E-state index in [2.05, 4.69) is 16.4 Å². The summed E-state index contributed by atoms with van der Waals surface area (Å²) in [5.74, 6) is 0. The van der Waals surface area contributed by atoms with Gasteiger partial charge in [-0.15, -0.1) is 0 Å². The van der Waals surface area contributed by atoms with Crippen molar-refractivity contribution in [1.82, 2.24) is 9.88 Å². The molecular weight excluding hydrogens is 369 g/mol. The molecule has 0 saturated carbocycles. The molecule has 6 heteroatoms. The van der Waals surface area contributed by atoms with Crippen LogP contribution in [0.2, 0.25) is 10.0 Å². The van der Waals surface area contributed by atoms with Crippen molar-refractivity contribution in [1.29, 1.82) is 0 Å².